The zero-order valence-corrected chi connectivity index (χ0v) is 20.0. The van der Waals surface area contributed by atoms with E-state index in [0.29, 0.717) is 0 Å². The molecule has 0 radical (unpaired) electrons. The van der Waals surface area contributed by atoms with Crippen molar-refractivity contribution in [2.24, 2.45) is 0 Å². The first kappa shape index (κ1) is 22.1. The molecule has 0 saturated heterocycles. The summed E-state index contributed by atoms with van der Waals surface area (Å²) in [5.74, 6) is 0.257. The molecule has 154 valence electrons. The van der Waals surface area contributed by atoms with Gasteiger partial charge >= 0.3 is 0 Å². The van der Waals surface area contributed by atoms with Crippen LogP contribution in [0.5, 0.6) is 0 Å². The summed E-state index contributed by atoms with van der Waals surface area (Å²) in [6, 6.07) is 8.11. The SMILES string of the molecule is CCCCc1c(-c2ccc(C(C)=O)s2)sc(-c2ccc(C(C)=O)s2)c1CCCC. The average Bonchev–Trinajstić information content (AvgIpc) is 3.42. The lowest BCUT2D eigenvalue weighted by atomic mass is 9.97. The topological polar surface area (TPSA) is 34.1 Å². The van der Waals surface area contributed by atoms with E-state index in [4.69, 9.17) is 0 Å². The highest BCUT2D eigenvalue weighted by atomic mass is 32.1. The molecular weight excluding hydrogens is 416 g/mol. The smallest absolute Gasteiger partial charge is 0.169 e. The van der Waals surface area contributed by atoms with Crippen LogP contribution in [0.3, 0.4) is 0 Å². The molecule has 3 heterocycles. The lowest BCUT2D eigenvalue weighted by Crippen LogP contribution is -1.94. The molecule has 0 fully saturated rings. The molecule has 0 bridgehead atoms. The van der Waals surface area contributed by atoms with Gasteiger partial charge in [0, 0.05) is 19.5 Å². The Labute approximate surface area is 185 Å². The number of thiophene rings is 3. The van der Waals surface area contributed by atoms with E-state index in [1.165, 1.54) is 30.6 Å². The molecule has 0 aromatic carbocycles. The summed E-state index contributed by atoms with van der Waals surface area (Å²) < 4.78 is 0. The first-order valence-electron chi connectivity index (χ1n) is 10.3. The summed E-state index contributed by atoms with van der Waals surface area (Å²) in [6.45, 7) is 7.73. The van der Waals surface area contributed by atoms with Crippen molar-refractivity contribution in [3.63, 3.8) is 0 Å². The van der Waals surface area contributed by atoms with Gasteiger partial charge in [-0.05, 0) is 74.9 Å². The zero-order chi connectivity index (χ0) is 21.0. The van der Waals surface area contributed by atoms with Crippen LogP contribution in [0.4, 0.5) is 0 Å². The predicted octanol–water partition coefficient (Wildman–Crippen LogP) is 8.30. The summed E-state index contributed by atoms with van der Waals surface area (Å²) in [4.78, 5) is 30.3. The van der Waals surface area contributed by atoms with Gasteiger partial charge in [-0.15, -0.1) is 34.0 Å². The van der Waals surface area contributed by atoms with E-state index in [9.17, 15) is 9.59 Å². The van der Waals surface area contributed by atoms with Gasteiger partial charge in [0.25, 0.3) is 0 Å². The van der Waals surface area contributed by atoms with E-state index in [1.54, 1.807) is 36.5 Å². The first-order valence-corrected chi connectivity index (χ1v) is 12.8. The van der Waals surface area contributed by atoms with Gasteiger partial charge in [-0.2, -0.15) is 0 Å². The largest absolute Gasteiger partial charge is 0.294 e. The van der Waals surface area contributed by atoms with Crippen molar-refractivity contribution in [1.82, 2.24) is 0 Å². The summed E-state index contributed by atoms with van der Waals surface area (Å²) in [6.07, 6.45) is 6.79. The molecular formula is C24H28O2S3. The quantitative estimate of drug-likeness (QED) is 0.295. The third kappa shape index (κ3) is 4.96. The lowest BCUT2D eigenvalue weighted by Gasteiger charge is -2.08. The fourth-order valence-electron chi connectivity index (χ4n) is 3.43. The number of unbranched alkanes of at least 4 members (excludes halogenated alkanes) is 2. The Bertz CT molecular complexity index is 925. The van der Waals surface area contributed by atoms with Crippen molar-refractivity contribution < 1.29 is 9.59 Å². The summed E-state index contributed by atoms with van der Waals surface area (Å²) in [5, 5.41) is 0. The minimum Gasteiger partial charge on any atom is -0.294 e. The number of hydrogen-bond acceptors (Lipinski definition) is 5. The van der Waals surface area contributed by atoms with Crippen LogP contribution < -0.4 is 0 Å². The Hall–Kier alpha value is -1.56. The molecule has 0 N–H and O–H groups in total. The van der Waals surface area contributed by atoms with Crippen LogP contribution in [0.25, 0.3) is 19.5 Å². The maximum atomic E-state index is 11.8. The van der Waals surface area contributed by atoms with Gasteiger partial charge in [0.1, 0.15) is 0 Å². The molecule has 2 nitrogen and oxygen atoms in total. The normalized spacial score (nSPS) is 11.2. The van der Waals surface area contributed by atoms with Gasteiger partial charge < -0.3 is 0 Å². The number of carbonyl (C=O) groups excluding carboxylic acids is 2. The van der Waals surface area contributed by atoms with Gasteiger partial charge in [0.2, 0.25) is 0 Å². The summed E-state index contributed by atoms with van der Waals surface area (Å²) in [7, 11) is 0. The third-order valence-corrected chi connectivity index (χ3v) is 9.04. The second kappa shape index (κ2) is 9.96. The van der Waals surface area contributed by atoms with E-state index < -0.39 is 0 Å². The van der Waals surface area contributed by atoms with E-state index >= 15 is 0 Å². The number of hydrogen-bond donors (Lipinski definition) is 0. The summed E-state index contributed by atoms with van der Waals surface area (Å²) >= 11 is 5.05. The first-order chi connectivity index (χ1) is 14.0. The molecule has 5 heteroatoms. The van der Waals surface area contributed by atoms with Crippen molar-refractivity contribution in [2.75, 3.05) is 0 Å². The molecule has 29 heavy (non-hydrogen) atoms. The Balaban J connectivity index is 2.15. The van der Waals surface area contributed by atoms with Crippen LogP contribution in [0.2, 0.25) is 0 Å². The predicted molar refractivity (Wildman–Crippen MR) is 128 cm³/mol. The van der Waals surface area contributed by atoms with Crippen LogP contribution in [-0.4, -0.2) is 11.6 Å². The number of ketones is 2. The molecule has 0 amide bonds. The second-order valence-electron chi connectivity index (χ2n) is 7.36. The molecule has 0 unspecified atom stereocenters. The molecule has 0 saturated carbocycles. The minimum absolute atomic E-state index is 0.128. The van der Waals surface area contributed by atoms with Crippen LogP contribution in [0.15, 0.2) is 24.3 Å². The molecule has 0 aliphatic rings. The summed E-state index contributed by atoms with van der Waals surface area (Å²) in [5.41, 5.74) is 2.91. The van der Waals surface area contributed by atoms with Gasteiger partial charge in [0.05, 0.1) is 9.75 Å². The average molecular weight is 445 g/mol. The van der Waals surface area contributed by atoms with Crippen LogP contribution in [0.1, 0.15) is 83.8 Å². The molecule has 3 aromatic heterocycles. The number of Topliss-reactive ketones (excluding diaryl/α,β-unsaturated/α-hetero) is 2. The maximum absolute atomic E-state index is 11.8. The highest BCUT2D eigenvalue weighted by Gasteiger charge is 2.22. The van der Waals surface area contributed by atoms with Gasteiger partial charge in [-0.3, -0.25) is 9.59 Å². The van der Waals surface area contributed by atoms with Crippen molar-refractivity contribution in [3.05, 3.63) is 45.1 Å². The van der Waals surface area contributed by atoms with E-state index in [1.807, 2.05) is 23.5 Å². The Kier molecular flexibility index (Phi) is 7.60. The Morgan fingerprint density at radius 1 is 0.690 bits per heavy atom. The fraction of sp³-hybridized carbons (Fsp3) is 0.417. The highest BCUT2D eigenvalue weighted by molar-refractivity contribution is 7.27. The van der Waals surface area contributed by atoms with E-state index in [0.717, 1.165) is 48.3 Å². The van der Waals surface area contributed by atoms with Crippen molar-refractivity contribution in [1.29, 1.82) is 0 Å². The highest BCUT2D eigenvalue weighted by Crippen LogP contribution is 2.47. The van der Waals surface area contributed by atoms with Crippen molar-refractivity contribution >= 4 is 45.6 Å². The van der Waals surface area contributed by atoms with Gasteiger partial charge in [-0.25, -0.2) is 0 Å². The molecule has 0 aliphatic carbocycles. The fourth-order valence-corrected chi connectivity index (χ4v) is 6.91. The number of rotatable bonds is 10. The molecule has 0 spiro atoms. The monoisotopic (exact) mass is 444 g/mol. The Morgan fingerprint density at radius 2 is 1.10 bits per heavy atom. The van der Waals surface area contributed by atoms with Crippen molar-refractivity contribution in [2.45, 2.75) is 66.2 Å². The lowest BCUT2D eigenvalue weighted by molar-refractivity contribution is 0.101. The van der Waals surface area contributed by atoms with Gasteiger partial charge in [-0.1, -0.05) is 26.7 Å². The van der Waals surface area contributed by atoms with Gasteiger partial charge in [0.15, 0.2) is 11.6 Å². The molecule has 3 rings (SSSR count). The molecule has 0 atom stereocenters. The number of carbonyl (C=O) groups is 2. The Morgan fingerprint density at radius 3 is 1.41 bits per heavy atom. The third-order valence-electron chi connectivity index (χ3n) is 5.03. The van der Waals surface area contributed by atoms with Crippen molar-refractivity contribution in [3.8, 4) is 19.5 Å². The van der Waals surface area contributed by atoms with Crippen LogP contribution >= 0.6 is 34.0 Å². The van der Waals surface area contributed by atoms with Crippen LogP contribution in [0, 0.1) is 0 Å². The van der Waals surface area contributed by atoms with Crippen LogP contribution in [-0.2, 0) is 12.8 Å². The van der Waals surface area contributed by atoms with E-state index in [2.05, 4.69) is 26.0 Å². The molecule has 0 aliphatic heterocycles. The second-order valence-corrected chi connectivity index (χ2v) is 10.6. The maximum Gasteiger partial charge on any atom is 0.169 e. The minimum atomic E-state index is 0.128. The van der Waals surface area contributed by atoms with E-state index in [-0.39, 0.29) is 11.6 Å². The zero-order valence-electron chi connectivity index (χ0n) is 17.6. The molecule has 3 aromatic rings. The standard InChI is InChI=1S/C24H28O2S3/c1-5-7-9-17-18(10-8-6-2)24(22-14-12-20(28-22)16(4)26)29-23(17)21-13-11-19(27-21)15(3)25/h11-14H,5-10H2,1-4H3.